The maximum absolute atomic E-state index is 13.0. The number of piperidine rings is 6. The van der Waals surface area contributed by atoms with Crippen molar-refractivity contribution in [3.63, 3.8) is 0 Å². The van der Waals surface area contributed by atoms with Gasteiger partial charge in [0.2, 0.25) is 95.6 Å². The molecule has 0 saturated carbocycles. The summed E-state index contributed by atoms with van der Waals surface area (Å²) in [7, 11) is -19.6. The lowest BCUT2D eigenvalue weighted by molar-refractivity contribution is -0.137. The number of hydrogen-bond acceptors (Lipinski definition) is 18. The Morgan fingerprint density at radius 2 is 0.561 bits per heavy atom. The monoisotopic (exact) mass is 1990 g/mol. The van der Waals surface area contributed by atoms with E-state index in [-0.39, 0.29) is 104 Å². The largest absolute Gasteiger partial charge is 0.416 e. The van der Waals surface area contributed by atoms with Crippen LogP contribution in [-0.2, 0) is 95.1 Å². The van der Waals surface area contributed by atoms with Gasteiger partial charge in [-0.2, -0.15) is 13.2 Å². The quantitative estimate of drug-likeness (QED) is 0.0435. The first kappa shape index (κ1) is 103. The van der Waals surface area contributed by atoms with Crippen LogP contribution in [0.15, 0.2) is 155 Å². The number of halogens is 8. The van der Waals surface area contributed by atoms with Crippen LogP contribution in [0.2, 0.25) is 5.02 Å². The fourth-order valence-corrected chi connectivity index (χ4v) is 20.0. The number of hydrogen-bond donors (Lipinski definition) is 6. The van der Waals surface area contributed by atoms with E-state index in [1.54, 1.807) is 48.5 Å². The molecule has 30 nitrogen and oxygen atoms in total. The van der Waals surface area contributed by atoms with Gasteiger partial charge in [0.1, 0.15) is 11.6 Å². The van der Waals surface area contributed by atoms with E-state index < -0.39 is 95.4 Å². The lowest BCUT2D eigenvalue weighted by atomic mass is 9.98. The minimum absolute atomic E-state index is 0.0886. The minimum atomic E-state index is -4.43. The summed E-state index contributed by atoms with van der Waals surface area (Å²) in [6.07, 6.45) is 10.4. The molecule has 678 valence electrons. The Kier molecular flexibility index (Phi) is 38.6. The third-order valence-corrected chi connectivity index (χ3v) is 29.2. The van der Waals surface area contributed by atoms with Crippen molar-refractivity contribution in [2.75, 3.05) is 148 Å². The molecule has 6 amide bonds. The Bertz CT molecular complexity index is 5000. The Hall–Kier alpha value is -7.50. The summed E-state index contributed by atoms with van der Waals surface area (Å²) in [5.74, 6) is -4.30. The molecule has 6 aromatic carbocycles. The fraction of sp³-hybridized carbons (Fsp3) is 0.468. The van der Waals surface area contributed by atoms with Crippen LogP contribution < -0.4 is 31.9 Å². The van der Waals surface area contributed by atoms with Crippen molar-refractivity contribution < 1.29 is 101 Å². The van der Waals surface area contributed by atoms with Crippen LogP contribution in [0.3, 0.4) is 0 Å². The van der Waals surface area contributed by atoms with Crippen LogP contribution in [0.25, 0.3) is 0 Å². The van der Waals surface area contributed by atoms with E-state index in [0.717, 1.165) is 45.5 Å². The Balaban J connectivity index is 0.000000203. The lowest BCUT2D eigenvalue weighted by Gasteiger charge is -2.30. The van der Waals surface area contributed by atoms with Gasteiger partial charge in [0.25, 0.3) is 0 Å². The smallest absolute Gasteiger partial charge is 0.326 e. The van der Waals surface area contributed by atoms with Crippen molar-refractivity contribution in [3.8, 4) is 0 Å². The van der Waals surface area contributed by atoms with E-state index in [2.05, 4.69) is 63.8 Å². The third kappa shape index (κ3) is 35.3. The van der Waals surface area contributed by atoms with Gasteiger partial charge in [0, 0.05) is 127 Å². The first-order valence-corrected chi connectivity index (χ1v) is 51.9. The molecule has 6 aliphatic rings. The average molecular weight is 1990 g/mol. The molecule has 0 aliphatic carbocycles. The third-order valence-electron chi connectivity index (χ3n) is 20.3. The van der Waals surface area contributed by atoms with E-state index in [0.29, 0.717) is 144 Å². The highest BCUT2D eigenvalue weighted by molar-refractivity contribution is 9.10. The molecule has 6 saturated heterocycles. The van der Waals surface area contributed by atoms with Gasteiger partial charge in [-0.1, -0.05) is 61.7 Å². The predicted molar refractivity (Wildman–Crippen MR) is 471 cm³/mol. The molecule has 6 aliphatic heterocycles. The van der Waals surface area contributed by atoms with Crippen molar-refractivity contribution in [1.82, 2.24) is 25.8 Å². The zero-order chi connectivity index (χ0) is 91.0. The first-order valence-electron chi connectivity index (χ1n) is 38.9. The van der Waals surface area contributed by atoms with Gasteiger partial charge >= 0.3 is 6.18 Å². The van der Waals surface area contributed by atoms with E-state index in [1.807, 2.05) is 30.3 Å². The molecule has 6 aromatic rings. The molecular formula is C79H102Br2ClF5N12O18S6. The van der Waals surface area contributed by atoms with Gasteiger partial charge < -0.3 is 31.9 Å². The molecule has 6 fully saturated rings. The van der Waals surface area contributed by atoms with Crippen molar-refractivity contribution in [3.05, 3.63) is 177 Å². The number of alkyl halides is 3. The summed E-state index contributed by atoms with van der Waals surface area (Å²) < 4.78 is 211. The van der Waals surface area contributed by atoms with Crippen LogP contribution >= 0.6 is 43.5 Å². The van der Waals surface area contributed by atoms with Crippen LogP contribution in [0.5, 0.6) is 0 Å². The summed E-state index contributed by atoms with van der Waals surface area (Å²) >= 11 is 12.5. The molecular weight excluding hydrogens is 1890 g/mol. The first-order chi connectivity index (χ1) is 57.4. The molecule has 44 heteroatoms. The maximum atomic E-state index is 13.0. The second-order valence-corrected chi connectivity index (χ2v) is 44.5. The number of carbonyl (C=O) groups excluding carboxylic acids is 6. The predicted octanol–water partition coefficient (Wildman–Crippen LogP) is 11.3. The zero-order valence-electron chi connectivity index (χ0n) is 68.3. The summed E-state index contributed by atoms with van der Waals surface area (Å²) in [5.41, 5.74) is 2.39. The van der Waals surface area contributed by atoms with Gasteiger partial charge in [0.05, 0.1) is 78.6 Å². The molecule has 0 bridgehead atoms. The van der Waals surface area contributed by atoms with Crippen molar-refractivity contribution in [2.24, 2.45) is 35.5 Å². The average Bonchev–Trinajstić information content (AvgIpc) is 0.854. The van der Waals surface area contributed by atoms with E-state index in [1.165, 1.54) is 99.2 Å². The maximum Gasteiger partial charge on any atom is 0.416 e. The molecule has 6 N–H and O–H groups in total. The standard InChI is InChI=1S/C14H17F3N2O3S.2C13H17BrN2O3S.C13H17ClN2O3S.2C13H17FN2O3S/c1-23(21,22)19-8-2-3-10(9-19)13(20)18-12-6-4-11(5-7-12)14(15,16)17;1-20(18,19)16-7-3-4-10(9-16)13(17)15-12-6-2-5-11(14)8-12;1-20(18,19)16-8-2-3-10(9-16)13(17)15-12-6-4-11(14)5-7-12;2*1-20(18,19)16-7-3-4-10(9-16)13(17)15-12-6-2-5-11(14)8-12;1-20(18,19)16-8-2-3-10(9-16)13(17)15-12-6-4-11(14)5-7-12/h4-7,10H,2-3,8-9H2,1H3,(H,18,20);2,5-6,8,10H,3-4,7,9H2,1H3,(H,15,17);4-7,10H,2-3,8-9H2,1H3,(H,15,17);2*2,5-6,8,10H,3-4,7,9H2,1H3,(H,15,17);4-7,10H,2-3,8-9H2,1H3,(H,15,17)/t6*10-/m000000/s1. The van der Waals surface area contributed by atoms with Gasteiger partial charge in [-0.05, 0) is 204 Å². The number of carbonyl (C=O) groups is 6. The normalized spacial score (nSPS) is 20.5. The number of benzene rings is 6. The second-order valence-electron chi connectivity index (χ2n) is 30.3. The zero-order valence-corrected chi connectivity index (χ0v) is 77.1. The highest BCUT2D eigenvalue weighted by atomic mass is 79.9. The van der Waals surface area contributed by atoms with Crippen molar-refractivity contribution in [2.45, 2.75) is 83.2 Å². The Labute approximate surface area is 738 Å². The molecule has 12 rings (SSSR count). The number of sulfonamides is 6. The van der Waals surface area contributed by atoms with E-state index >= 15 is 0 Å². The van der Waals surface area contributed by atoms with Gasteiger partial charge in [-0.25, -0.2) is 85.1 Å². The molecule has 0 aromatic heterocycles. The fourth-order valence-electron chi connectivity index (χ4n) is 13.7. The number of nitrogens with zero attached hydrogens (tertiary/aromatic N) is 6. The van der Waals surface area contributed by atoms with Crippen LogP contribution in [0, 0.1) is 47.1 Å². The van der Waals surface area contributed by atoms with Gasteiger partial charge in [-0.15, -0.1) is 0 Å². The number of anilines is 6. The van der Waals surface area contributed by atoms with Crippen LogP contribution in [0.4, 0.5) is 56.1 Å². The van der Waals surface area contributed by atoms with E-state index in [4.69, 9.17) is 11.6 Å². The molecule has 6 heterocycles. The molecule has 0 radical (unpaired) electrons. The molecule has 0 spiro atoms. The summed E-state index contributed by atoms with van der Waals surface area (Å²) in [6.45, 7) is 4.01. The number of nitrogens with one attached hydrogen (secondary N) is 6. The van der Waals surface area contributed by atoms with Crippen molar-refractivity contribution in [1.29, 1.82) is 0 Å². The summed E-state index contributed by atoms with van der Waals surface area (Å²) in [5, 5.41) is 16.8. The molecule has 6 atom stereocenters. The number of rotatable bonds is 18. The van der Waals surface area contributed by atoms with Crippen LogP contribution in [0.1, 0.15) is 82.6 Å². The topological polar surface area (TPSA) is 399 Å². The van der Waals surface area contributed by atoms with Gasteiger partial charge in [0.15, 0.2) is 0 Å². The van der Waals surface area contributed by atoms with Crippen LogP contribution in [-0.4, -0.2) is 228 Å². The SMILES string of the molecule is CS(=O)(=O)N1CCC[C@H](C(=O)Nc2ccc(Br)cc2)C1.CS(=O)(=O)N1CCC[C@H](C(=O)Nc2ccc(C(F)(F)F)cc2)C1.CS(=O)(=O)N1CCC[C@H](C(=O)Nc2ccc(F)cc2)C1.CS(=O)(=O)N1CCC[C@H](C(=O)Nc2cccc(Br)c2)C1.CS(=O)(=O)N1CCC[C@H](C(=O)Nc2cccc(Cl)c2)C1.CS(=O)(=O)N1CCC[C@H](C(=O)Nc2cccc(F)c2)C1. The second kappa shape index (κ2) is 46.3. The summed E-state index contributed by atoms with van der Waals surface area (Å²) in [4.78, 5) is 72.9. The van der Waals surface area contributed by atoms with E-state index in [9.17, 15) is 101 Å². The highest BCUT2D eigenvalue weighted by Crippen LogP contribution is 2.32. The molecule has 123 heavy (non-hydrogen) atoms. The Morgan fingerprint density at radius 1 is 0.317 bits per heavy atom. The lowest BCUT2D eigenvalue weighted by Crippen LogP contribution is -2.43. The summed E-state index contributed by atoms with van der Waals surface area (Å²) in [6, 6.07) is 36.8. The highest BCUT2D eigenvalue weighted by Gasteiger charge is 2.37. The minimum Gasteiger partial charge on any atom is -0.326 e. The Morgan fingerprint density at radius 3 is 0.821 bits per heavy atom. The van der Waals surface area contributed by atoms with Crippen molar-refractivity contribution >= 4 is 173 Å². The number of amides is 6. The van der Waals surface area contributed by atoms with Gasteiger partial charge in [-0.3, -0.25) is 28.8 Å². The molecule has 0 unspecified atom stereocenters.